The number of sulfone groups is 1. The molecule has 5 fully saturated rings. The van der Waals surface area contributed by atoms with E-state index in [4.69, 9.17) is 4.74 Å². The maximum atomic E-state index is 12.7. The Kier molecular flexibility index (Phi) is 11.1. The zero-order valence-corrected chi connectivity index (χ0v) is 37.9. The Labute approximate surface area is 359 Å². The van der Waals surface area contributed by atoms with E-state index >= 15 is 0 Å². The highest BCUT2D eigenvalue weighted by molar-refractivity contribution is 7.91. The van der Waals surface area contributed by atoms with Gasteiger partial charge in [-0.2, -0.15) is 5.26 Å². The number of carboxylic acids is 1. The summed E-state index contributed by atoms with van der Waals surface area (Å²) in [5.41, 5.74) is 3.72. The predicted molar refractivity (Wildman–Crippen MR) is 235 cm³/mol. The number of allylic oxidation sites excluding steroid dienone is 5. The molecule has 0 radical (unpaired) electrons. The van der Waals surface area contributed by atoms with Crippen molar-refractivity contribution in [3.63, 3.8) is 0 Å². The first kappa shape index (κ1) is 43.2. The summed E-state index contributed by atoms with van der Waals surface area (Å²) in [5, 5.41) is 24.0. The Morgan fingerprint density at radius 2 is 1.77 bits per heavy atom. The molecule has 1 aliphatic heterocycles. The van der Waals surface area contributed by atoms with Crippen molar-refractivity contribution >= 4 is 15.8 Å². The van der Waals surface area contributed by atoms with E-state index in [0.29, 0.717) is 61.9 Å². The van der Waals surface area contributed by atoms with Crippen LogP contribution in [0.3, 0.4) is 0 Å². The molecule has 7 aliphatic rings. The molecule has 8 rings (SSSR count). The second-order valence-electron chi connectivity index (χ2n) is 21.4. The minimum absolute atomic E-state index is 0.0523. The number of nitrogens with one attached hydrogen (secondary N) is 1. The minimum atomic E-state index is -2.88. The van der Waals surface area contributed by atoms with Crippen LogP contribution < -0.4 is 10.1 Å². The van der Waals surface area contributed by atoms with Crippen molar-refractivity contribution < 1.29 is 23.1 Å². The fourth-order valence-electron chi connectivity index (χ4n) is 15.2. The lowest BCUT2D eigenvalue weighted by molar-refractivity contribution is -0.221. The molecule has 1 saturated heterocycles. The molecule has 0 aromatic carbocycles. The molecule has 10 atom stereocenters. The molecular weight excluding hydrogens is 769 g/mol. The van der Waals surface area contributed by atoms with Gasteiger partial charge in [0.15, 0.2) is 9.84 Å². The molecule has 1 aromatic heterocycles. The summed E-state index contributed by atoms with van der Waals surface area (Å²) in [5.74, 6) is 5.54. The van der Waals surface area contributed by atoms with Crippen LogP contribution in [-0.2, 0) is 14.6 Å². The van der Waals surface area contributed by atoms with E-state index in [1.807, 2.05) is 6.07 Å². The van der Waals surface area contributed by atoms with E-state index in [1.165, 1.54) is 74.3 Å². The molecule has 0 bridgehead atoms. The Hall–Kier alpha value is -3.44. The van der Waals surface area contributed by atoms with Crippen LogP contribution >= 0.6 is 0 Å². The smallest absolute Gasteiger partial charge is 0.322 e. The maximum Gasteiger partial charge on any atom is 0.322 e. The molecular formula is C50H68N4O5S. The van der Waals surface area contributed by atoms with Gasteiger partial charge < -0.3 is 20.1 Å². The van der Waals surface area contributed by atoms with Crippen LogP contribution in [0.25, 0.3) is 0 Å². The van der Waals surface area contributed by atoms with Gasteiger partial charge in [0.05, 0.1) is 11.5 Å². The third kappa shape index (κ3) is 6.90. The number of hydrogen-bond donors (Lipinski definition) is 2. The highest BCUT2D eigenvalue weighted by Gasteiger charge is 2.70. The Bertz CT molecular complexity index is 2180. The van der Waals surface area contributed by atoms with Gasteiger partial charge in [0.2, 0.25) is 5.88 Å². The normalized spacial score (nSPS) is 40.4. The van der Waals surface area contributed by atoms with Crippen LogP contribution in [0, 0.1) is 80.0 Å². The summed E-state index contributed by atoms with van der Waals surface area (Å²) < 4.78 is 29.7. The molecule has 9 nitrogen and oxygen atoms in total. The monoisotopic (exact) mass is 836 g/mol. The minimum Gasteiger partial charge on any atom is -0.480 e. The van der Waals surface area contributed by atoms with Gasteiger partial charge in [0.25, 0.3) is 0 Å². The van der Waals surface area contributed by atoms with E-state index in [2.05, 4.69) is 87.5 Å². The number of aromatic nitrogens is 1. The van der Waals surface area contributed by atoms with Crippen molar-refractivity contribution in [2.75, 3.05) is 37.7 Å². The van der Waals surface area contributed by atoms with E-state index in [-0.39, 0.29) is 50.1 Å². The van der Waals surface area contributed by atoms with Crippen LogP contribution in [0.4, 0.5) is 0 Å². The van der Waals surface area contributed by atoms with Crippen LogP contribution in [0.1, 0.15) is 124 Å². The quantitative estimate of drug-likeness (QED) is 0.195. The van der Waals surface area contributed by atoms with Crippen molar-refractivity contribution in [2.45, 2.75) is 124 Å². The zero-order valence-electron chi connectivity index (χ0n) is 37.0. The number of ether oxygens (including phenoxy) is 1. The van der Waals surface area contributed by atoms with Gasteiger partial charge in [-0.15, -0.1) is 0 Å². The largest absolute Gasteiger partial charge is 0.480 e. The fraction of sp³-hybridized carbons (Fsp3) is 0.700. The molecule has 60 heavy (non-hydrogen) atoms. The molecule has 3 unspecified atom stereocenters. The standard InChI is InChI=1S/C50H68N4O5S/c1-34(2)37-14-21-50(53-26-27-54-28-31-60(57,58)32-29-54)23-22-47(6)39(42(37)50)10-11-41-46(5)17-15-38(45(3,4)40(46)16-18-48(41,47)7)35-12-19-49(20-13-35,44(55)56)24-30-59-43-36(33-51)9-8-25-52-43/h8-9,12,15,25,37,39-42,53H,1,10-11,13-14,16-23,26-29,31-32H2,2-7H3,(H,55,56)/t37-,39+,40?,41?,42?,46-,47+,48+,49-,50-/m0/s1. The first-order chi connectivity index (χ1) is 28.3. The van der Waals surface area contributed by atoms with Gasteiger partial charge in [-0.05, 0) is 164 Å². The van der Waals surface area contributed by atoms with Crippen LogP contribution in [-0.4, -0.2) is 72.6 Å². The first-order valence-corrected chi connectivity index (χ1v) is 24.7. The lowest BCUT2D eigenvalue weighted by Crippen LogP contribution is -2.68. The molecule has 2 N–H and O–H groups in total. The number of rotatable bonds is 8. The molecule has 0 amide bonds. The fourth-order valence-corrected chi connectivity index (χ4v) is 16.5. The molecule has 2 heterocycles. The molecule has 10 heteroatoms. The Morgan fingerprint density at radius 1 is 1.00 bits per heavy atom. The van der Waals surface area contributed by atoms with Gasteiger partial charge in [0.1, 0.15) is 23.2 Å². The van der Waals surface area contributed by atoms with E-state index in [0.717, 1.165) is 19.5 Å². The van der Waals surface area contributed by atoms with Crippen molar-refractivity contribution in [3.05, 3.63) is 59.3 Å². The van der Waals surface area contributed by atoms with Crippen LogP contribution in [0.5, 0.6) is 5.88 Å². The average Bonchev–Trinajstić information content (AvgIpc) is 3.59. The van der Waals surface area contributed by atoms with Crippen molar-refractivity contribution in [2.24, 2.45) is 56.7 Å². The van der Waals surface area contributed by atoms with Crippen molar-refractivity contribution in [3.8, 4) is 24.0 Å². The SMILES string of the molecule is C=C(C)[C@@H]1CC[C@]2(NCCN3CCS(=O)(=O)CC3)CC[C@]3(C)[C@H](CCC4[C@@]5(C)CC=C(C6=CC[C@](C#COc7ncccc7C#N)(C(=O)O)CC6)C(C)(C)C5CC[C@]43C)C12. The highest BCUT2D eigenvalue weighted by atomic mass is 32.2. The molecule has 0 spiro atoms. The number of nitrogens with zero attached hydrogens (tertiary/aromatic N) is 3. The number of hydrogen-bond acceptors (Lipinski definition) is 8. The van der Waals surface area contributed by atoms with E-state index in [1.54, 1.807) is 12.1 Å². The van der Waals surface area contributed by atoms with Crippen LogP contribution in [0.15, 0.2) is 53.8 Å². The molecule has 6 aliphatic carbocycles. The summed E-state index contributed by atoms with van der Waals surface area (Å²) >= 11 is 0. The zero-order chi connectivity index (χ0) is 42.9. The highest BCUT2D eigenvalue weighted by Crippen LogP contribution is 2.76. The number of carbonyl (C=O) groups is 1. The van der Waals surface area contributed by atoms with Gasteiger partial charge >= 0.3 is 5.97 Å². The molecule has 1 aromatic rings. The van der Waals surface area contributed by atoms with Crippen molar-refractivity contribution in [1.82, 2.24) is 15.2 Å². The summed E-state index contributed by atoms with van der Waals surface area (Å²) in [4.78, 5) is 19.2. The van der Waals surface area contributed by atoms with Gasteiger partial charge in [-0.25, -0.2) is 13.4 Å². The predicted octanol–water partition coefficient (Wildman–Crippen LogP) is 8.74. The Balaban J connectivity index is 1.01. The third-order valence-corrected chi connectivity index (χ3v) is 20.2. The topological polar surface area (TPSA) is 133 Å². The second-order valence-corrected chi connectivity index (χ2v) is 23.7. The van der Waals surface area contributed by atoms with E-state index < -0.39 is 21.2 Å². The maximum absolute atomic E-state index is 12.7. The number of pyridine rings is 1. The summed E-state index contributed by atoms with van der Waals surface area (Å²) in [6.45, 7) is 22.9. The lowest BCUT2D eigenvalue weighted by atomic mass is 9.33. The number of fused-ring (bicyclic) bond motifs is 7. The number of nitriles is 1. The lowest BCUT2D eigenvalue weighted by Gasteiger charge is -2.72. The number of aliphatic carboxylic acids is 1. The molecule has 324 valence electrons. The van der Waals surface area contributed by atoms with E-state index in [9.17, 15) is 23.6 Å². The Morgan fingerprint density at radius 3 is 2.45 bits per heavy atom. The van der Waals surface area contributed by atoms with Crippen molar-refractivity contribution in [1.29, 1.82) is 5.26 Å². The number of carboxylic acid groups (broad SMARTS) is 1. The molecule has 4 saturated carbocycles. The van der Waals surface area contributed by atoms with Crippen LogP contribution in [0.2, 0.25) is 0 Å². The first-order valence-electron chi connectivity index (χ1n) is 22.9. The second kappa shape index (κ2) is 15.4. The summed E-state index contributed by atoms with van der Waals surface area (Å²) in [7, 11) is -2.88. The van der Waals surface area contributed by atoms with Gasteiger partial charge in [0, 0.05) is 37.9 Å². The van der Waals surface area contributed by atoms with Gasteiger partial charge in [-0.3, -0.25) is 4.79 Å². The third-order valence-electron chi connectivity index (χ3n) is 18.6. The van der Waals surface area contributed by atoms with Gasteiger partial charge in [-0.1, -0.05) is 58.9 Å². The summed E-state index contributed by atoms with van der Waals surface area (Å²) in [6, 6.07) is 5.30. The summed E-state index contributed by atoms with van der Waals surface area (Å²) in [6.07, 6.45) is 21.1. The average molecular weight is 837 g/mol.